The fraction of sp³-hybridized carbons (Fsp3) is 0.571. The summed E-state index contributed by atoms with van der Waals surface area (Å²) in [5, 5.41) is 8.45. The molecule has 0 aromatic heterocycles. The van der Waals surface area contributed by atoms with Crippen LogP contribution in [0.4, 0.5) is 0 Å². The summed E-state index contributed by atoms with van der Waals surface area (Å²) < 4.78 is 4.66. The summed E-state index contributed by atoms with van der Waals surface area (Å²) in [7, 11) is 0. The highest BCUT2D eigenvalue weighted by Gasteiger charge is 2.02. The van der Waals surface area contributed by atoms with E-state index in [1.807, 2.05) is 0 Å². The summed E-state index contributed by atoms with van der Waals surface area (Å²) in [6, 6.07) is 0. The number of rotatable bonds is 3. The van der Waals surface area contributed by atoms with Gasteiger partial charge in [0.2, 0.25) is 0 Å². The topological polar surface area (TPSA) is 46.5 Å². The highest BCUT2D eigenvalue weighted by atomic mass is 16.5. The average Bonchev–Trinajstić information content (AvgIpc) is 1.88. The Hall–Kier alpha value is -0.830. The van der Waals surface area contributed by atoms with Crippen molar-refractivity contribution in [2.75, 3.05) is 6.61 Å². The number of allylic oxidation sites excluding steroid dienone is 1. The first-order valence-corrected chi connectivity index (χ1v) is 3.15. The third-order valence-corrected chi connectivity index (χ3v) is 0.877. The molecule has 0 aromatic rings. The zero-order valence-corrected chi connectivity index (χ0v) is 6.20. The molecule has 1 atom stereocenters. The third-order valence-electron chi connectivity index (χ3n) is 0.877. The Morgan fingerprint density at radius 3 is 2.80 bits per heavy atom. The monoisotopic (exact) mass is 144 g/mol. The minimum atomic E-state index is -0.413. The van der Waals surface area contributed by atoms with Gasteiger partial charge >= 0.3 is 5.97 Å². The Kier molecular flexibility index (Phi) is 4.58. The number of hydrogen-bond donors (Lipinski definition) is 1. The summed E-state index contributed by atoms with van der Waals surface area (Å²) in [4.78, 5) is 10.6. The molecule has 0 aliphatic carbocycles. The van der Waals surface area contributed by atoms with E-state index in [2.05, 4.69) is 4.74 Å². The number of carbonyl (C=O) groups excluding carboxylic acids is 1. The van der Waals surface area contributed by atoms with Gasteiger partial charge in [-0.25, -0.2) is 4.79 Å². The van der Waals surface area contributed by atoms with Crippen molar-refractivity contribution >= 4 is 5.97 Å². The van der Waals surface area contributed by atoms with Crippen molar-refractivity contribution < 1.29 is 14.6 Å². The number of hydrogen-bond acceptors (Lipinski definition) is 3. The highest BCUT2D eigenvalue weighted by molar-refractivity contribution is 5.81. The second kappa shape index (κ2) is 4.99. The lowest BCUT2D eigenvalue weighted by Gasteiger charge is -2.06. The quantitative estimate of drug-likeness (QED) is 0.463. The summed E-state index contributed by atoms with van der Waals surface area (Å²) in [6.45, 7) is 3.22. The van der Waals surface area contributed by atoms with Crippen LogP contribution in [0.2, 0.25) is 0 Å². The Bertz CT molecular complexity index is 129. The van der Waals surface area contributed by atoms with Crippen LogP contribution < -0.4 is 0 Å². The van der Waals surface area contributed by atoms with Gasteiger partial charge in [-0.3, -0.25) is 0 Å². The van der Waals surface area contributed by atoms with Crippen molar-refractivity contribution in [2.24, 2.45) is 0 Å². The maximum absolute atomic E-state index is 10.6. The maximum atomic E-state index is 10.6. The normalized spacial score (nSPS) is 13.5. The van der Waals surface area contributed by atoms with Gasteiger partial charge in [0.25, 0.3) is 0 Å². The second-order valence-corrected chi connectivity index (χ2v) is 1.93. The van der Waals surface area contributed by atoms with E-state index in [0.717, 1.165) is 0 Å². The van der Waals surface area contributed by atoms with Gasteiger partial charge in [-0.2, -0.15) is 0 Å². The van der Waals surface area contributed by atoms with Gasteiger partial charge in [0.1, 0.15) is 6.10 Å². The van der Waals surface area contributed by atoms with E-state index in [4.69, 9.17) is 5.11 Å². The van der Waals surface area contributed by atoms with Crippen LogP contribution >= 0.6 is 0 Å². The molecule has 0 radical (unpaired) electrons. The third kappa shape index (κ3) is 4.09. The molecule has 0 fully saturated rings. The molecular weight excluding hydrogens is 132 g/mol. The fourth-order valence-electron chi connectivity index (χ4n) is 0.411. The van der Waals surface area contributed by atoms with Crippen LogP contribution in [-0.4, -0.2) is 23.8 Å². The molecule has 0 aliphatic rings. The Balaban J connectivity index is 3.57. The fourth-order valence-corrected chi connectivity index (χ4v) is 0.411. The molecule has 0 bridgehead atoms. The van der Waals surface area contributed by atoms with Crippen molar-refractivity contribution in [3.05, 3.63) is 12.2 Å². The van der Waals surface area contributed by atoms with E-state index in [0.29, 0.717) is 0 Å². The van der Waals surface area contributed by atoms with Crippen molar-refractivity contribution in [1.82, 2.24) is 0 Å². The van der Waals surface area contributed by atoms with E-state index in [1.54, 1.807) is 19.9 Å². The highest BCUT2D eigenvalue weighted by Crippen LogP contribution is 1.90. The minimum Gasteiger partial charge on any atom is -0.457 e. The summed E-state index contributed by atoms with van der Waals surface area (Å²) in [5.74, 6) is -0.413. The number of carbonyl (C=O) groups is 1. The molecule has 58 valence electrons. The van der Waals surface area contributed by atoms with Crippen LogP contribution in [0.1, 0.15) is 13.8 Å². The maximum Gasteiger partial charge on any atom is 0.330 e. The first kappa shape index (κ1) is 9.17. The number of ether oxygens (including phenoxy) is 1. The molecule has 0 rings (SSSR count). The molecule has 1 unspecified atom stereocenters. The van der Waals surface area contributed by atoms with Crippen LogP contribution in [-0.2, 0) is 9.53 Å². The molecule has 0 saturated carbocycles. The van der Waals surface area contributed by atoms with E-state index >= 15 is 0 Å². The minimum absolute atomic E-state index is 0.136. The van der Waals surface area contributed by atoms with Gasteiger partial charge in [-0.15, -0.1) is 0 Å². The molecule has 0 amide bonds. The molecule has 1 N–H and O–H groups in total. The van der Waals surface area contributed by atoms with Gasteiger partial charge in [0.05, 0.1) is 6.61 Å². The molecule has 3 heteroatoms. The van der Waals surface area contributed by atoms with Crippen LogP contribution in [0.5, 0.6) is 0 Å². The summed E-state index contributed by atoms with van der Waals surface area (Å²) in [5.41, 5.74) is 0. The largest absolute Gasteiger partial charge is 0.457 e. The molecule has 3 nitrogen and oxygen atoms in total. The van der Waals surface area contributed by atoms with Crippen LogP contribution in [0.3, 0.4) is 0 Å². The molecule has 0 heterocycles. The van der Waals surface area contributed by atoms with Crippen molar-refractivity contribution in [3.63, 3.8) is 0 Å². The molecule has 0 aromatic carbocycles. The van der Waals surface area contributed by atoms with Gasteiger partial charge in [-0.1, -0.05) is 6.08 Å². The van der Waals surface area contributed by atoms with E-state index in [9.17, 15) is 4.79 Å². The molecule has 0 spiro atoms. The summed E-state index contributed by atoms with van der Waals surface area (Å²) in [6.07, 6.45) is 2.49. The number of aliphatic hydroxyl groups excluding tert-OH is 1. The lowest BCUT2D eigenvalue weighted by molar-refractivity contribution is -0.143. The molecule has 10 heavy (non-hydrogen) atoms. The first-order valence-electron chi connectivity index (χ1n) is 3.15. The lowest BCUT2D eigenvalue weighted by Crippen LogP contribution is -2.16. The van der Waals surface area contributed by atoms with Crippen molar-refractivity contribution in [1.29, 1.82) is 0 Å². The predicted molar refractivity (Wildman–Crippen MR) is 37.5 cm³/mol. The zero-order chi connectivity index (χ0) is 7.98. The first-order chi connectivity index (χ1) is 4.70. The van der Waals surface area contributed by atoms with E-state index < -0.39 is 12.1 Å². The Labute approximate surface area is 60.3 Å². The smallest absolute Gasteiger partial charge is 0.330 e. The standard InChI is InChI=1S/C7H12O3/c1-3-4-7(9)10-6(2)5-8/h3-4,6,8H,5H2,1-2H3. The second-order valence-electron chi connectivity index (χ2n) is 1.93. The molecule has 0 aliphatic heterocycles. The summed E-state index contributed by atoms with van der Waals surface area (Å²) >= 11 is 0. The Morgan fingerprint density at radius 1 is 1.80 bits per heavy atom. The Morgan fingerprint density at radius 2 is 2.40 bits per heavy atom. The molecular formula is C7H12O3. The SMILES string of the molecule is CC=CC(=O)OC(C)CO. The number of aliphatic hydroxyl groups is 1. The van der Waals surface area contributed by atoms with E-state index in [-0.39, 0.29) is 6.61 Å². The zero-order valence-electron chi connectivity index (χ0n) is 6.20. The average molecular weight is 144 g/mol. The van der Waals surface area contributed by atoms with Crippen LogP contribution in [0, 0.1) is 0 Å². The molecule has 0 saturated heterocycles. The van der Waals surface area contributed by atoms with Crippen LogP contribution in [0.15, 0.2) is 12.2 Å². The van der Waals surface area contributed by atoms with Crippen molar-refractivity contribution in [2.45, 2.75) is 20.0 Å². The lowest BCUT2D eigenvalue weighted by atomic mass is 10.4. The van der Waals surface area contributed by atoms with Gasteiger partial charge in [0.15, 0.2) is 0 Å². The van der Waals surface area contributed by atoms with E-state index in [1.165, 1.54) is 6.08 Å². The van der Waals surface area contributed by atoms with Gasteiger partial charge in [0, 0.05) is 6.08 Å². The van der Waals surface area contributed by atoms with Gasteiger partial charge < -0.3 is 9.84 Å². The van der Waals surface area contributed by atoms with Gasteiger partial charge in [-0.05, 0) is 13.8 Å². The predicted octanol–water partition coefficient (Wildman–Crippen LogP) is 0.486. The van der Waals surface area contributed by atoms with Crippen LogP contribution in [0.25, 0.3) is 0 Å². The van der Waals surface area contributed by atoms with Crippen molar-refractivity contribution in [3.8, 4) is 0 Å². The number of esters is 1.